The van der Waals surface area contributed by atoms with E-state index in [2.05, 4.69) is 10.3 Å². The van der Waals surface area contributed by atoms with Crippen molar-refractivity contribution in [2.75, 3.05) is 25.0 Å². The quantitative estimate of drug-likeness (QED) is 0.861. The van der Waals surface area contributed by atoms with Crippen LogP contribution in [0.2, 0.25) is 0 Å². The summed E-state index contributed by atoms with van der Waals surface area (Å²) in [6.45, 7) is 3.50. The first-order valence-electron chi connectivity index (χ1n) is 6.93. The highest BCUT2D eigenvalue weighted by molar-refractivity contribution is 7.13. The molecule has 1 amide bonds. The average Bonchev–Trinajstić information content (AvgIpc) is 2.86. The third-order valence-electron chi connectivity index (χ3n) is 3.23. The lowest BCUT2D eigenvalue weighted by Crippen LogP contribution is -2.42. The summed E-state index contributed by atoms with van der Waals surface area (Å²) in [6.07, 6.45) is 1.34. The lowest BCUT2D eigenvalue weighted by molar-refractivity contribution is -0.136. The number of carbonyl (C=O) groups is 2. The number of hydrogen-bond acceptors (Lipinski definition) is 6. The fourth-order valence-electron chi connectivity index (χ4n) is 2.21. The highest BCUT2D eigenvalue weighted by Gasteiger charge is 2.24. The molecule has 21 heavy (non-hydrogen) atoms. The van der Waals surface area contributed by atoms with Gasteiger partial charge in [0.2, 0.25) is 0 Å². The van der Waals surface area contributed by atoms with Crippen LogP contribution in [0.4, 0.5) is 9.93 Å². The first-order valence-corrected chi connectivity index (χ1v) is 7.81. The van der Waals surface area contributed by atoms with Crippen LogP contribution in [0.25, 0.3) is 0 Å². The van der Waals surface area contributed by atoms with Crippen LogP contribution in [0.5, 0.6) is 0 Å². The summed E-state index contributed by atoms with van der Waals surface area (Å²) in [7, 11) is 0. The van der Waals surface area contributed by atoms with E-state index in [-0.39, 0.29) is 18.6 Å². The molecular weight excluding hydrogens is 294 g/mol. The van der Waals surface area contributed by atoms with Gasteiger partial charge in [-0.1, -0.05) is 0 Å². The topological polar surface area (TPSA) is 91.8 Å². The number of aliphatic carboxylic acids is 1. The van der Waals surface area contributed by atoms with Crippen LogP contribution in [0, 0.1) is 0 Å². The summed E-state index contributed by atoms with van der Waals surface area (Å²) in [4.78, 5) is 28.2. The van der Waals surface area contributed by atoms with Crippen LogP contribution in [0.1, 0.15) is 25.5 Å². The van der Waals surface area contributed by atoms with Gasteiger partial charge >= 0.3 is 12.1 Å². The first kappa shape index (κ1) is 15.6. The smallest absolute Gasteiger partial charge is 0.409 e. The largest absolute Gasteiger partial charge is 0.481 e. The summed E-state index contributed by atoms with van der Waals surface area (Å²) in [5, 5.41) is 14.5. The molecule has 8 heteroatoms. The number of amides is 1. The Kier molecular flexibility index (Phi) is 5.38. The molecule has 1 aliphatic rings. The van der Waals surface area contributed by atoms with E-state index in [4.69, 9.17) is 9.84 Å². The van der Waals surface area contributed by atoms with Crippen molar-refractivity contribution < 1.29 is 19.4 Å². The third-order valence-corrected chi connectivity index (χ3v) is 4.05. The average molecular weight is 313 g/mol. The molecule has 7 nitrogen and oxygen atoms in total. The van der Waals surface area contributed by atoms with E-state index < -0.39 is 5.97 Å². The Morgan fingerprint density at radius 2 is 2.24 bits per heavy atom. The van der Waals surface area contributed by atoms with Crippen molar-refractivity contribution in [3.05, 3.63) is 11.1 Å². The minimum atomic E-state index is -0.880. The molecule has 0 unspecified atom stereocenters. The minimum absolute atomic E-state index is 0.0561. The van der Waals surface area contributed by atoms with Gasteiger partial charge in [-0.2, -0.15) is 0 Å². The molecule has 0 saturated carbocycles. The maximum absolute atomic E-state index is 11.6. The predicted molar refractivity (Wildman–Crippen MR) is 78.7 cm³/mol. The second-order valence-corrected chi connectivity index (χ2v) is 5.68. The molecule has 1 aromatic heterocycles. The fraction of sp³-hybridized carbons (Fsp3) is 0.615. The number of aromatic nitrogens is 1. The minimum Gasteiger partial charge on any atom is -0.481 e. The number of anilines is 1. The highest BCUT2D eigenvalue weighted by atomic mass is 32.1. The predicted octanol–water partition coefficient (Wildman–Crippen LogP) is 1.80. The van der Waals surface area contributed by atoms with Crippen LogP contribution < -0.4 is 5.32 Å². The van der Waals surface area contributed by atoms with Gasteiger partial charge < -0.3 is 20.1 Å². The van der Waals surface area contributed by atoms with Crippen molar-refractivity contribution in [1.29, 1.82) is 0 Å². The molecule has 0 atom stereocenters. The van der Waals surface area contributed by atoms with E-state index in [1.807, 2.05) is 0 Å². The van der Waals surface area contributed by atoms with E-state index >= 15 is 0 Å². The number of carboxylic acids is 1. The summed E-state index contributed by atoms with van der Waals surface area (Å²) in [5.74, 6) is -0.880. The van der Waals surface area contributed by atoms with Crippen LogP contribution in [0.3, 0.4) is 0 Å². The number of nitrogens with one attached hydrogen (secondary N) is 1. The number of carboxylic acid groups (broad SMARTS) is 1. The molecule has 2 N–H and O–H groups in total. The monoisotopic (exact) mass is 313 g/mol. The van der Waals surface area contributed by atoms with Crippen molar-refractivity contribution in [3.63, 3.8) is 0 Å². The van der Waals surface area contributed by atoms with Gasteiger partial charge in [-0.15, -0.1) is 11.3 Å². The molecule has 0 spiro atoms. The lowest BCUT2D eigenvalue weighted by atomic mass is 10.1. The number of hydrogen-bond donors (Lipinski definition) is 2. The Morgan fingerprint density at radius 1 is 1.52 bits per heavy atom. The van der Waals surface area contributed by atoms with Crippen LogP contribution >= 0.6 is 11.3 Å². The molecule has 0 aromatic carbocycles. The maximum Gasteiger partial charge on any atom is 0.409 e. The Labute approximate surface area is 126 Å². The van der Waals surface area contributed by atoms with E-state index in [0.717, 1.165) is 18.0 Å². The van der Waals surface area contributed by atoms with Crippen LogP contribution in [-0.2, 0) is 16.0 Å². The molecule has 0 radical (unpaired) electrons. The molecule has 0 bridgehead atoms. The first-order chi connectivity index (χ1) is 10.1. The second kappa shape index (κ2) is 7.26. The Bertz CT molecular complexity index is 497. The van der Waals surface area contributed by atoms with Crippen LogP contribution in [0.15, 0.2) is 5.38 Å². The van der Waals surface area contributed by atoms with Gasteiger partial charge in [-0.25, -0.2) is 9.78 Å². The van der Waals surface area contributed by atoms with E-state index in [1.54, 1.807) is 17.2 Å². The normalized spacial score (nSPS) is 15.8. The van der Waals surface area contributed by atoms with Gasteiger partial charge in [0.15, 0.2) is 5.13 Å². The zero-order valence-electron chi connectivity index (χ0n) is 11.9. The van der Waals surface area contributed by atoms with Gasteiger partial charge in [-0.05, 0) is 19.8 Å². The number of ether oxygens (including phenoxy) is 1. The molecule has 1 aromatic rings. The standard InChI is InChI=1S/C13H19N3O4S/c1-2-20-13(19)16-5-3-9(4-6-16)14-12-15-10(8-21-12)7-11(17)18/h8-9H,2-7H2,1H3,(H,14,15)(H,17,18). The second-order valence-electron chi connectivity index (χ2n) is 4.82. The Morgan fingerprint density at radius 3 is 2.86 bits per heavy atom. The molecule has 0 aliphatic carbocycles. The highest BCUT2D eigenvalue weighted by Crippen LogP contribution is 2.21. The van der Waals surface area contributed by atoms with Crippen molar-refractivity contribution >= 4 is 28.5 Å². The number of thiazole rings is 1. The van der Waals surface area contributed by atoms with E-state index in [1.165, 1.54) is 11.3 Å². The van der Waals surface area contributed by atoms with Gasteiger partial charge in [0.05, 0.1) is 18.7 Å². The molecule has 1 aliphatic heterocycles. The van der Waals surface area contributed by atoms with E-state index in [0.29, 0.717) is 25.4 Å². The number of likely N-dealkylation sites (tertiary alicyclic amines) is 1. The fourth-order valence-corrected chi connectivity index (χ4v) is 2.99. The SMILES string of the molecule is CCOC(=O)N1CCC(Nc2nc(CC(=O)O)cs2)CC1. The van der Waals surface area contributed by atoms with Gasteiger partial charge in [0, 0.05) is 24.5 Å². The van der Waals surface area contributed by atoms with Gasteiger partial charge in [0.25, 0.3) is 0 Å². The molecule has 1 fully saturated rings. The van der Waals surface area contributed by atoms with Crippen LogP contribution in [-0.4, -0.2) is 52.8 Å². The van der Waals surface area contributed by atoms with E-state index in [9.17, 15) is 9.59 Å². The third kappa shape index (κ3) is 4.59. The zero-order chi connectivity index (χ0) is 15.2. The van der Waals surface area contributed by atoms with Crippen molar-refractivity contribution in [2.24, 2.45) is 0 Å². The number of carbonyl (C=O) groups excluding carboxylic acids is 1. The summed E-state index contributed by atoms with van der Waals surface area (Å²) in [5.41, 5.74) is 0.568. The zero-order valence-corrected chi connectivity index (χ0v) is 12.7. The van der Waals surface area contributed by atoms with Crippen molar-refractivity contribution in [3.8, 4) is 0 Å². The van der Waals surface area contributed by atoms with Gasteiger partial charge in [-0.3, -0.25) is 4.79 Å². The molecule has 2 rings (SSSR count). The summed E-state index contributed by atoms with van der Waals surface area (Å²) < 4.78 is 4.98. The number of nitrogens with zero attached hydrogens (tertiary/aromatic N) is 2. The molecule has 2 heterocycles. The number of piperidine rings is 1. The molecule has 116 valence electrons. The number of rotatable bonds is 5. The van der Waals surface area contributed by atoms with Gasteiger partial charge in [0.1, 0.15) is 0 Å². The maximum atomic E-state index is 11.6. The molecular formula is C13H19N3O4S. The Hall–Kier alpha value is -1.83. The van der Waals surface area contributed by atoms with Crippen molar-refractivity contribution in [1.82, 2.24) is 9.88 Å². The molecule has 1 saturated heterocycles. The summed E-state index contributed by atoms with van der Waals surface area (Å²) in [6, 6.07) is 0.250. The summed E-state index contributed by atoms with van der Waals surface area (Å²) >= 11 is 1.41. The lowest BCUT2D eigenvalue weighted by Gasteiger charge is -2.31. The Balaban J connectivity index is 1.79. The van der Waals surface area contributed by atoms with Crippen molar-refractivity contribution in [2.45, 2.75) is 32.2 Å².